The number of rotatable bonds is 3. The van der Waals surface area contributed by atoms with Crippen LogP contribution in [-0.2, 0) is 0 Å². The van der Waals surface area contributed by atoms with Crippen LogP contribution < -0.4 is 5.32 Å². The molecule has 0 aromatic carbocycles. The van der Waals surface area contributed by atoms with Crippen LogP contribution in [0.25, 0.3) is 0 Å². The van der Waals surface area contributed by atoms with Crippen LogP contribution in [0.1, 0.15) is 28.2 Å². The molecular formula is C12H12N2OS. The highest BCUT2D eigenvalue weighted by Gasteiger charge is 2.11. The maximum absolute atomic E-state index is 11.8. The van der Waals surface area contributed by atoms with Crippen molar-refractivity contribution >= 4 is 17.2 Å². The molecule has 3 nitrogen and oxygen atoms in total. The predicted octanol–water partition coefficient (Wildman–Crippen LogP) is 2.63. The fourth-order valence-corrected chi connectivity index (χ4v) is 2.13. The first-order valence-electron chi connectivity index (χ1n) is 5.01. The molecule has 0 saturated carbocycles. The van der Waals surface area contributed by atoms with Gasteiger partial charge in [0.2, 0.25) is 0 Å². The molecule has 0 unspecified atom stereocenters. The van der Waals surface area contributed by atoms with E-state index in [9.17, 15) is 4.79 Å². The first-order chi connectivity index (χ1) is 7.77. The number of pyridine rings is 1. The summed E-state index contributed by atoms with van der Waals surface area (Å²) in [5.74, 6) is -0.0664. The monoisotopic (exact) mass is 232 g/mol. The molecular weight excluding hydrogens is 220 g/mol. The van der Waals surface area contributed by atoms with Crippen LogP contribution in [0.3, 0.4) is 0 Å². The Morgan fingerprint density at radius 2 is 2.12 bits per heavy atom. The van der Waals surface area contributed by atoms with Crippen LogP contribution >= 0.6 is 11.3 Å². The van der Waals surface area contributed by atoms with Gasteiger partial charge in [-0.3, -0.25) is 9.78 Å². The number of aromatic nitrogens is 1. The van der Waals surface area contributed by atoms with Crippen LogP contribution in [0.4, 0.5) is 0 Å². The molecule has 4 heteroatoms. The quantitative estimate of drug-likeness (QED) is 0.884. The number of thiophene rings is 1. The smallest absolute Gasteiger partial charge is 0.251 e. The van der Waals surface area contributed by atoms with Gasteiger partial charge in [0.1, 0.15) is 0 Å². The molecule has 2 aromatic heterocycles. The summed E-state index contributed by atoms with van der Waals surface area (Å²) in [7, 11) is 0. The standard InChI is InChI=1S/C12H12N2OS/c1-9(11-3-2-8-16-11)14-12(15)10-4-6-13-7-5-10/h2-9H,1H3,(H,14,15)/t9-/m0/s1. The van der Waals surface area contributed by atoms with Crippen molar-refractivity contribution in [1.82, 2.24) is 10.3 Å². The summed E-state index contributed by atoms with van der Waals surface area (Å²) in [6.45, 7) is 1.98. The van der Waals surface area contributed by atoms with Crippen LogP contribution in [-0.4, -0.2) is 10.9 Å². The van der Waals surface area contributed by atoms with Crippen molar-refractivity contribution in [2.75, 3.05) is 0 Å². The van der Waals surface area contributed by atoms with Gasteiger partial charge in [-0.2, -0.15) is 0 Å². The van der Waals surface area contributed by atoms with E-state index in [1.807, 2.05) is 24.4 Å². The highest BCUT2D eigenvalue weighted by atomic mass is 32.1. The van der Waals surface area contributed by atoms with Crippen molar-refractivity contribution in [3.8, 4) is 0 Å². The highest BCUT2D eigenvalue weighted by molar-refractivity contribution is 7.10. The zero-order valence-electron chi connectivity index (χ0n) is 8.88. The average molecular weight is 232 g/mol. The number of hydrogen-bond acceptors (Lipinski definition) is 3. The lowest BCUT2D eigenvalue weighted by molar-refractivity contribution is 0.0940. The maximum Gasteiger partial charge on any atom is 0.251 e. The van der Waals surface area contributed by atoms with Crippen molar-refractivity contribution in [3.63, 3.8) is 0 Å². The predicted molar refractivity (Wildman–Crippen MR) is 64.4 cm³/mol. The molecule has 1 amide bonds. The van der Waals surface area contributed by atoms with Gasteiger partial charge in [0.15, 0.2) is 0 Å². The van der Waals surface area contributed by atoms with E-state index < -0.39 is 0 Å². The molecule has 0 aliphatic heterocycles. The van der Waals surface area contributed by atoms with Gasteiger partial charge < -0.3 is 5.32 Å². The summed E-state index contributed by atoms with van der Waals surface area (Å²) in [6, 6.07) is 7.45. The second-order valence-electron chi connectivity index (χ2n) is 3.45. The first-order valence-corrected chi connectivity index (χ1v) is 5.89. The minimum Gasteiger partial charge on any atom is -0.345 e. The van der Waals surface area contributed by atoms with Crippen LogP contribution in [0, 0.1) is 0 Å². The van der Waals surface area contributed by atoms with Crippen molar-refractivity contribution < 1.29 is 4.79 Å². The second kappa shape index (κ2) is 4.90. The molecule has 1 N–H and O–H groups in total. The van der Waals surface area contributed by atoms with Crippen molar-refractivity contribution in [3.05, 3.63) is 52.5 Å². The van der Waals surface area contributed by atoms with Gasteiger partial charge in [0, 0.05) is 22.8 Å². The Morgan fingerprint density at radius 1 is 1.38 bits per heavy atom. The Labute approximate surface area is 98.2 Å². The Morgan fingerprint density at radius 3 is 2.75 bits per heavy atom. The van der Waals surface area contributed by atoms with E-state index in [-0.39, 0.29) is 11.9 Å². The minimum absolute atomic E-state index is 0.0423. The van der Waals surface area contributed by atoms with Gasteiger partial charge in [0.05, 0.1) is 6.04 Å². The highest BCUT2D eigenvalue weighted by Crippen LogP contribution is 2.18. The van der Waals surface area contributed by atoms with Crippen molar-refractivity contribution in [1.29, 1.82) is 0 Å². The molecule has 2 rings (SSSR count). The molecule has 0 fully saturated rings. The number of carbonyl (C=O) groups is 1. The fraction of sp³-hybridized carbons (Fsp3) is 0.167. The third kappa shape index (κ3) is 2.46. The summed E-state index contributed by atoms with van der Waals surface area (Å²) in [4.78, 5) is 16.8. The lowest BCUT2D eigenvalue weighted by Crippen LogP contribution is -2.26. The van der Waals surface area contributed by atoms with E-state index in [4.69, 9.17) is 0 Å². The summed E-state index contributed by atoms with van der Waals surface area (Å²) < 4.78 is 0. The topological polar surface area (TPSA) is 42.0 Å². The molecule has 82 valence electrons. The van der Waals surface area contributed by atoms with E-state index in [1.165, 1.54) is 0 Å². The number of nitrogens with one attached hydrogen (secondary N) is 1. The minimum atomic E-state index is -0.0664. The van der Waals surface area contributed by atoms with Gasteiger partial charge >= 0.3 is 0 Å². The summed E-state index contributed by atoms with van der Waals surface area (Å²) >= 11 is 1.64. The Hall–Kier alpha value is -1.68. The zero-order valence-corrected chi connectivity index (χ0v) is 9.70. The molecule has 0 radical (unpaired) electrons. The van der Waals surface area contributed by atoms with E-state index in [0.717, 1.165) is 4.88 Å². The van der Waals surface area contributed by atoms with Crippen LogP contribution in [0.15, 0.2) is 42.0 Å². The lowest BCUT2D eigenvalue weighted by atomic mass is 10.2. The molecule has 0 saturated heterocycles. The van der Waals surface area contributed by atoms with Gasteiger partial charge in [-0.25, -0.2) is 0 Å². The molecule has 0 bridgehead atoms. The van der Waals surface area contributed by atoms with Crippen LogP contribution in [0.2, 0.25) is 0 Å². The van der Waals surface area contributed by atoms with Crippen molar-refractivity contribution in [2.45, 2.75) is 13.0 Å². The molecule has 0 spiro atoms. The lowest BCUT2D eigenvalue weighted by Gasteiger charge is -2.11. The van der Waals surface area contributed by atoms with Gasteiger partial charge in [-0.05, 0) is 30.5 Å². The number of carbonyl (C=O) groups excluding carboxylic acids is 1. The maximum atomic E-state index is 11.8. The van der Waals surface area contributed by atoms with Crippen LogP contribution in [0.5, 0.6) is 0 Å². The van der Waals surface area contributed by atoms with Gasteiger partial charge in [-0.1, -0.05) is 6.07 Å². The largest absolute Gasteiger partial charge is 0.345 e. The third-order valence-corrected chi connectivity index (χ3v) is 3.32. The summed E-state index contributed by atoms with van der Waals surface area (Å²) in [5.41, 5.74) is 0.637. The Kier molecular flexibility index (Phi) is 3.31. The summed E-state index contributed by atoms with van der Waals surface area (Å²) in [6.07, 6.45) is 3.23. The Balaban J connectivity index is 2.03. The van der Waals surface area contributed by atoms with E-state index in [1.54, 1.807) is 35.9 Å². The number of hydrogen-bond donors (Lipinski definition) is 1. The van der Waals surface area contributed by atoms with E-state index in [2.05, 4.69) is 10.3 Å². The molecule has 2 heterocycles. The fourth-order valence-electron chi connectivity index (χ4n) is 1.39. The number of amides is 1. The van der Waals surface area contributed by atoms with Crippen molar-refractivity contribution in [2.24, 2.45) is 0 Å². The third-order valence-electron chi connectivity index (χ3n) is 2.26. The van der Waals surface area contributed by atoms with E-state index >= 15 is 0 Å². The first kappa shape index (κ1) is 10.8. The summed E-state index contributed by atoms with van der Waals surface area (Å²) in [5, 5.41) is 4.95. The molecule has 16 heavy (non-hydrogen) atoms. The normalized spacial score (nSPS) is 12.1. The Bertz CT molecular complexity index is 453. The molecule has 0 aliphatic rings. The van der Waals surface area contributed by atoms with Gasteiger partial charge in [0.25, 0.3) is 5.91 Å². The average Bonchev–Trinajstić information content (AvgIpc) is 2.83. The second-order valence-corrected chi connectivity index (χ2v) is 4.43. The molecule has 0 aliphatic carbocycles. The van der Waals surface area contributed by atoms with Gasteiger partial charge in [-0.15, -0.1) is 11.3 Å². The zero-order chi connectivity index (χ0) is 11.4. The SMILES string of the molecule is C[C@H](NC(=O)c1ccncc1)c1cccs1. The molecule has 2 aromatic rings. The number of nitrogens with zero attached hydrogens (tertiary/aromatic N) is 1. The molecule has 1 atom stereocenters. The van der Waals surface area contributed by atoms with E-state index in [0.29, 0.717) is 5.56 Å².